The molecule has 3 aromatic heterocycles. The molecule has 0 spiro atoms. The van der Waals surface area contributed by atoms with Gasteiger partial charge in [-0.25, -0.2) is 4.98 Å². The van der Waals surface area contributed by atoms with Crippen LogP contribution >= 0.6 is 0 Å². The van der Waals surface area contributed by atoms with Crippen LogP contribution in [-0.2, 0) is 24.1 Å². The van der Waals surface area contributed by atoms with E-state index in [0.717, 1.165) is 11.6 Å². The van der Waals surface area contributed by atoms with Crippen molar-refractivity contribution in [3.63, 3.8) is 0 Å². The van der Waals surface area contributed by atoms with Gasteiger partial charge in [0.05, 0.1) is 18.4 Å². The van der Waals surface area contributed by atoms with Crippen LogP contribution in [-0.4, -0.2) is 62.5 Å². The highest BCUT2D eigenvalue weighted by atomic mass is 19.4. The van der Waals surface area contributed by atoms with Crippen molar-refractivity contribution in [3.05, 3.63) is 53.2 Å². The molecular weight excluding hydrogens is 465 g/mol. The molecule has 0 saturated heterocycles. The maximum Gasteiger partial charge on any atom is 0.433 e. The largest absolute Gasteiger partial charge is 0.433 e. The van der Waals surface area contributed by atoms with Crippen molar-refractivity contribution in [1.82, 2.24) is 24.7 Å². The Kier molecular flexibility index (Phi) is 6.61. The van der Waals surface area contributed by atoms with E-state index >= 15 is 0 Å². The Morgan fingerprint density at radius 3 is 2.57 bits per heavy atom. The maximum atomic E-state index is 12.7. The molecule has 1 atom stereocenters. The van der Waals surface area contributed by atoms with E-state index in [0.29, 0.717) is 41.7 Å². The number of fused-ring (bicyclic) bond motifs is 1. The zero-order valence-electron chi connectivity index (χ0n) is 19.4. The second-order valence-corrected chi connectivity index (χ2v) is 8.29. The summed E-state index contributed by atoms with van der Waals surface area (Å²) in [6.07, 6.45) is 0.421. The van der Waals surface area contributed by atoms with E-state index < -0.39 is 17.9 Å². The van der Waals surface area contributed by atoms with Gasteiger partial charge in [-0.2, -0.15) is 23.3 Å². The zero-order chi connectivity index (χ0) is 25.3. The van der Waals surface area contributed by atoms with Crippen LogP contribution in [0.25, 0.3) is 0 Å². The average Bonchev–Trinajstić information content (AvgIpc) is 3.25. The van der Waals surface area contributed by atoms with E-state index in [2.05, 4.69) is 25.4 Å². The average molecular weight is 490 g/mol. The minimum Gasteiger partial charge on any atom is -0.396 e. The molecular formula is C22H25F3N8O2. The number of nitrogens with one attached hydrogen (secondary N) is 1. The maximum absolute atomic E-state index is 12.7. The summed E-state index contributed by atoms with van der Waals surface area (Å²) < 4.78 is 39.6. The van der Waals surface area contributed by atoms with Crippen LogP contribution in [0.2, 0.25) is 0 Å². The SMILES string of the molecule is Cc1nc(NCc2cnn(Cc3ccc(C(F)(F)F)nc3)c2)nc2c1N(C)C(=O)[C@H](CCO)N2C. The van der Waals surface area contributed by atoms with Crippen LogP contribution in [0.1, 0.15) is 28.9 Å². The molecule has 10 nitrogen and oxygen atoms in total. The molecule has 0 aromatic carbocycles. The van der Waals surface area contributed by atoms with Crippen LogP contribution in [0.3, 0.4) is 0 Å². The number of aryl methyl sites for hydroxylation is 1. The lowest BCUT2D eigenvalue weighted by Gasteiger charge is -2.39. The lowest BCUT2D eigenvalue weighted by Crippen LogP contribution is -2.51. The lowest BCUT2D eigenvalue weighted by molar-refractivity contribution is -0.141. The van der Waals surface area contributed by atoms with Crippen molar-refractivity contribution in [2.75, 3.05) is 35.8 Å². The number of amides is 1. The standard InChI is InChI=1S/C22H25F3N8O2/c1-13-18-19(31(2)16(6-7-34)20(35)32(18)3)30-21(29-13)27-9-15-10-28-33(12-15)11-14-4-5-17(26-8-14)22(23,24)25/h4-5,8,10,12,16,34H,6-7,9,11H2,1-3H3,(H,27,29,30)/t16-/m0/s1. The number of anilines is 3. The third kappa shape index (κ3) is 5.04. The number of aliphatic hydroxyl groups is 1. The smallest absolute Gasteiger partial charge is 0.396 e. The topological polar surface area (TPSA) is 112 Å². The molecule has 0 bridgehead atoms. The molecule has 0 radical (unpaired) electrons. The first kappa shape index (κ1) is 24.4. The highest BCUT2D eigenvalue weighted by Crippen LogP contribution is 2.36. The van der Waals surface area contributed by atoms with E-state index in [9.17, 15) is 23.1 Å². The lowest BCUT2D eigenvalue weighted by atomic mass is 10.1. The number of alkyl halides is 3. The van der Waals surface area contributed by atoms with Crippen molar-refractivity contribution < 1.29 is 23.1 Å². The van der Waals surface area contributed by atoms with Gasteiger partial charge in [0.2, 0.25) is 11.9 Å². The van der Waals surface area contributed by atoms with Gasteiger partial charge in [-0.3, -0.25) is 14.5 Å². The summed E-state index contributed by atoms with van der Waals surface area (Å²) in [5.41, 5.74) is 1.73. The van der Waals surface area contributed by atoms with Crippen molar-refractivity contribution in [1.29, 1.82) is 0 Å². The molecule has 2 N–H and O–H groups in total. The number of aromatic nitrogens is 5. The third-order valence-electron chi connectivity index (χ3n) is 5.79. The summed E-state index contributed by atoms with van der Waals surface area (Å²) in [5, 5.41) is 16.8. The molecule has 4 heterocycles. The number of halogens is 3. The van der Waals surface area contributed by atoms with Crippen molar-refractivity contribution in [2.24, 2.45) is 0 Å². The first-order valence-corrected chi connectivity index (χ1v) is 10.9. The van der Waals surface area contributed by atoms with E-state index in [1.807, 2.05) is 0 Å². The molecule has 0 unspecified atom stereocenters. The molecule has 0 fully saturated rings. The first-order valence-electron chi connectivity index (χ1n) is 10.9. The number of carbonyl (C=O) groups is 1. The molecule has 1 aliphatic rings. The Morgan fingerprint density at radius 2 is 1.91 bits per heavy atom. The molecule has 4 rings (SSSR count). The van der Waals surface area contributed by atoms with Crippen molar-refractivity contribution >= 4 is 23.4 Å². The molecule has 1 amide bonds. The van der Waals surface area contributed by atoms with Crippen LogP contribution in [0, 0.1) is 6.92 Å². The summed E-state index contributed by atoms with van der Waals surface area (Å²) in [7, 11) is 3.43. The fraction of sp³-hybridized carbons (Fsp3) is 0.409. The van der Waals surface area contributed by atoms with Gasteiger partial charge in [-0.1, -0.05) is 6.07 Å². The minimum atomic E-state index is -4.47. The summed E-state index contributed by atoms with van der Waals surface area (Å²) >= 11 is 0. The predicted molar refractivity (Wildman–Crippen MR) is 122 cm³/mol. The Labute approximate surface area is 199 Å². The van der Waals surface area contributed by atoms with Crippen molar-refractivity contribution in [3.8, 4) is 0 Å². The zero-order valence-corrected chi connectivity index (χ0v) is 19.4. The molecule has 1 aliphatic heterocycles. The number of hydrogen-bond donors (Lipinski definition) is 2. The number of nitrogens with zero attached hydrogens (tertiary/aromatic N) is 7. The molecule has 186 valence electrons. The molecule has 35 heavy (non-hydrogen) atoms. The number of rotatable bonds is 7. The van der Waals surface area contributed by atoms with E-state index in [4.69, 9.17) is 0 Å². The van der Waals surface area contributed by atoms with Gasteiger partial charge in [-0.05, 0) is 25.0 Å². The monoisotopic (exact) mass is 490 g/mol. The van der Waals surface area contributed by atoms with Crippen molar-refractivity contribution in [2.45, 2.75) is 38.7 Å². The fourth-order valence-corrected chi connectivity index (χ4v) is 3.99. The van der Waals surface area contributed by atoms with Gasteiger partial charge in [0, 0.05) is 45.2 Å². The van der Waals surface area contributed by atoms with Crippen LogP contribution in [0.5, 0.6) is 0 Å². The summed E-state index contributed by atoms with van der Waals surface area (Å²) in [6.45, 7) is 2.32. The fourth-order valence-electron chi connectivity index (χ4n) is 3.99. The number of likely N-dealkylation sites (N-methyl/N-ethyl adjacent to an activating group) is 2. The normalized spacial score (nSPS) is 16.0. The quantitative estimate of drug-likeness (QED) is 0.519. The Balaban J connectivity index is 1.45. The summed E-state index contributed by atoms with van der Waals surface area (Å²) in [4.78, 5) is 28.5. The van der Waals surface area contributed by atoms with Gasteiger partial charge in [0.1, 0.15) is 17.4 Å². The molecule has 3 aromatic rings. The second kappa shape index (κ2) is 9.49. The van der Waals surface area contributed by atoms with Gasteiger partial charge in [0.15, 0.2) is 5.82 Å². The summed E-state index contributed by atoms with van der Waals surface area (Å²) in [6, 6.07) is 1.81. The second-order valence-electron chi connectivity index (χ2n) is 8.29. The van der Waals surface area contributed by atoms with E-state index in [1.54, 1.807) is 43.0 Å². The predicted octanol–water partition coefficient (Wildman–Crippen LogP) is 2.22. The Hall–Kier alpha value is -3.74. The Morgan fingerprint density at radius 1 is 1.14 bits per heavy atom. The van der Waals surface area contributed by atoms with Crippen LogP contribution in [0.15, 0.2) is 30.7 Å². The number of carbonyl (C=O) groups excluding carboxylic acids is 1. The van der Waals surface area contributed by atoms with Gasteiger partial charge in [0.25, 0.3) is 0 Å². The molecule has 13 heteroatoms. The number of pyridine rings is 1. The van der Waals surface area contributed by atoms with E-state index in [-0.39, 0.29) is 19.1 Å². The van der Waals surface area contributed by atoms with Gasteiger partial charge >= 0.3 is 6.18 Å². The summed E-state index contributed by atoms with van der Waals surface area (Å²) in [5.74, 6) is 0.835. The molecule has 0 saturated carbocycles. The minimum absolute atomic E-state index is 0.119. The number of aliphatic hydroxyl groups excluding tert-OH is 1. The molecule has 0 aliphatic carbocycles. The number of hydrogen-bond acceptors (Lipinski definition) is 8. The van der Waals surface area contributed by atoms with Gasteiger partial charge in [-0.15, -0.1) is 0 Å². The third-order valence-corrected chi connectivity index (χ3v) is 5.79. The van der Waals surface area contributed by atoms with Crippen LogP contribution in [0.4, 0.5) is 30.6 Å². The highest BCUT2D eigenvalue weighted by molar-refractivity contribution is 6.04. The Bertz CT molecular complexity index is 1210. The van der Waals surface area contributed by atoms with E-state index in [1.165, 1.54) is 17.2 Å². The first-order chi connectivity index (χ1) is 16.6. The highest BCUT2D eigenvalue weighted by Gasteiger charge is 2.37. The van der Waals surface area contributed by atoms with Gasteiger partial charge < -0.3 is 20.2 Å². The van der Waals surface area contributed by atoms with Crippen LogP contribution < -0.4 is 15.1 Å².